The molecule has 0 bridgehead atoms. The summed E-state index contributed by atoms with van der Waals surface area (Å²) in [6.45, 7) is 3.99. The van der Waals surface area contributed by atoms with E-state index in [1.807, 2.05) is 24.4 Å². The van der Waals surface area contributed by atoms with Crippen LogP contribution in [0.25, 0.3) is 0 Å². The summed E-state index contributed by atoms with van der Waals surface area (Å²) in [4.78, 5) is 20.5. The Morgan fingerprint density at radius 3 is 2.88 bits per heavy atom. The molecule has 0 spiro atoms. The normalized spacial score (nSPS) is 10.7. The van der Waals surface area contributed by atoms with Gasteiger partial charge in [-0.3, -0.25) is 4.79 Å². The van der Waals surface area contributed by atoms with Gasteiger partial charge in [-0.2, -0.15) is 0 Å². The number of rotatable bonds is 4. The SMILES string of the molecule is CCCc1nc(C)c(Cc2cccs2)c(=O)[nH]1. The van der Waals surface area contributed by atoms with E-state index in [1.165, 1.54) is 4.88 Å². The molecule has 3 nitrogen and oxygen atoms in total. The molecule has 17 heavy (non-hydrogen) atoms. The minimum absolute atomic E-state index is 0.00866. The highest BCUT2D eigenvalue weighted by molar-refractivity contribution is 7.09. The van der Waals surface area contributed by atoms with Gasteiger partial charge in [0.1, 0.15) is 5.82 Å². The van der Waals surface area contributed by atoms with Gasteiger partial charge in [0, 0.05) is 29.0 Å². The van der Waals surface area contributed by atoms with Crippen molar-refractivity contribution >= 4 is 11.3 Å². The fourth-order valence-corrected chi connectivity index (χ4v) is 2.54. The lowest BCUT2D eigenvalue weighted by Crippen LogP contribution is -2.19. The van der Waals surface area contributed by atoms with E-state index >= 15 is 0 Å². The number of aromatic nitrogens is 2. The molecule has 0 atom stereocenters. The van der Waals surface area contributed by atoms with Crippen molar-refractivity contribution in [1.29, 1.82) is 0 Å². The van der Waals surface area contributed by atoms with Gasteiger partial charge >= 0.3 is 0 Å². The van der Waals surface area contributed by atoms with Crippen LogP contribution in [0.5, 0.6) is 0 Å². The largest absolute Gasteiger partial charge is 0.310 e. The lowest BCUT2D eigenvalue weighted by atomic mass is 10.1. The summed E-state index contributed by atoms with van der Waals surface area (Å²) in [7, 11) is 0. The van der Waals surface area contributed by atoms with E-state index in [4.69, 9.17) is 0 Å². The Bertz CT molecular complexity index is 543. The van der Waals surface area contributed by atoms with E-state index in [9.17, 15) is 4.79 Å². The number of nitrogens with zero attached hydrogens (tertiary/aromatic N) is 1. The molecule has 2 aromatic rings. The third kappa shape index (κ3) is 2.82. The molecule has 2 aromatic heterocycles. The lowest BCUT2D eigenvalue weighted by Gasteiger charge is -2.05. The molecule has 2 rings (SSSR count). The van der Waals surface area contributed by atoms with Crippen molar-refractivity contribution in [1.82, 2.24) is 9.97 Å². The number of hydrogen-bond donors (Lipinski definition) is 1. The van der Waals surface area contributed by atoms with Crippen LogP contribution in [0, 0.1) is 6.92 Å². The van der Waals surface area contributed by atoms with Crippen LogP contribution in [-0.4, -0.2) is 9.97 Å². The van der Waals surface area contributed by atoms with Gasteiger partial charge in [0.25, 0.3) is 5.56 Å². The Labute approximate surface area is 105 Å². The van der Waals surface area contributed by atoms with Crippen molar-refractivity contribution < 1.29 is 0 Å². The van der Waals surface area contributed by atoms with Crippen LogP contribution < -0.4 is 5.56 Å². The number of thiophene rings is 1. The Balaban J connectivity index is 2.32. The lowest BCUT2D eigenvalue weighted by molar-refractivity contribution is 0.803. The first-order chi connectivity index (χ1) is 8.20. The van der Waals surface area contributed by atoms with Crippen molar-refractivity contribution in [2.75, 3.05) is 0 Å². The van der Waals surface area contributed by atoms with E-state index < -0.39 is 0 Å². The van der Waals surface area contributed by atoms with Gasteiger partial charge in [0.15, 0.2) is 0 Å². The van der Waals surface area contributed by atoms with Crippen molar-refractivity contribution in [3.8, 4) is 0 Å². The fourth-order valence-electron chi connectivity index (χ4n) is 1.82. The van der Waals surface area contributed by atoms with Crippen LogP contribution in [0.2, 0.25) is 0 Å². The third-order valence-electron chi connectivity index (χ3n) is 2.69. The van der Waals surface area contributed by atoms with Gasteiger partial charge < -0.3 is 4.98 Å². The zero-order valence-electron chi connectivity index (χ0n) is 10.1. The molecule has 0 saturated heterocycles. The van der Waals surface area contributed by atoms with Crippen LogP contribution in [0.1, 0.15) is 35.3 Å². The average Bonchev–Trinajstić information content (AvgIpc) is 2.76. The molecule has 0 saturated carbocycles. The molecule has 0 amide bonds. The topological polar surface area (TPSA) is 45.8 Å². The molecular weight excluding hydrogens is 232 g/mol. The molecule has 0 aromatic carbocycles. The Morgan fingerprint density at radius 1 is 1.47 bits per heavy atom. The predicted octanol–water partition coefficient (Wildman–Crippen LogP) is 2.68. The summed E-state index contributed by atoms with van der Waals surface area (Å²) in [5.74, 6) is 0.796. The summed E-state index contributed by atoms with van der Waals surface area (Å²) in [5.41, 5.74) is 1.65. The van der Waals surface area contributed by atoms with E-state index in [1.54, 1.807) is 11.3 Å². The molecule has 2 heterocycles. The maximum Gasteiger partial charge on any atom is 0.254 e. The first-order valence-electron chi connectivity index (χ1n) is 5.81. The minimum atomic E-state index is 0.00866. The Morgan fingerprint density at radius 2 is 2.29 bits per heavy atom. The molecule has 0 fully saturated rings. The van der Waals surface area contributed by atoms with E-state index in [-0.39, 0.29) is 5.56 Å². The average molecular weight is 248 g/mol. The molecule has 4 heteroatoms. The molecule has 0 radical (unpaired) electrons. The minimum Gasteiger partial charge on any atom is -0.310 e. The summed E-state index contributed by atoms with van der Waals surface area (Å²) in [5, 5.41) is 2.03. The van der Waals surface area contributed by atoms with Crippen LogP contribution in [0.4, 0.5) is 0 Å². The third-order valence-corrected chi connectivity index (χ3v) is 3.57. The highest BCUT2D eigenvalue weighted by atomic mass is 32.1. The number of aryl methyl sites for hydroxylation is 2. The molecule has 0 unspecified atom stereocenters. The van der Waals surface area contributed by atoms with Crippen molar-refractivity contribution in [2.24, 2.45) is 0 Å². The first kappa shape index (κ1) is 12.0. The van der Waals surface area contributed by atoms with Crippen molar-refractivity contribution in [2.45, 2.75) is 33.1 Å². The second-order valence-electron chi connectivity index (χ2n) is 4.08. The molecule has 0 aliphatic heterocycles. The quantitative estimate of drug-likeness (QED) is 0.904. The maximum absolute atomic E-state index is 12.0. The van der Waals surface area contributed by atoms with Crippen molar-refractivity contribution in [3.63, 3.8) is 0 Å². The van der Waals surface area contributed by atoms with Crippen LogP contribution in [-0.2, 0) is 12.8 Å². The van der Waals surface area contributed by atoms with Gasteiger partial charge in [0.05, 0.1) is 0 Å². The molecule has 90 valence electrons. The number of nitrogens with one attached hydrogen (secondary N) is 1. The van der Waals surface area contributed by atoms with Gasteiger partial charge in [0.2, 0.25) is 0 Å². The van der Waals surface area contributed by atoms with E-state index in [0.717, 1.165) is 29.9 Å². The number of aromatic amines is 1. The molecule has 0 aliphatic rings. The zero-order valence-corrected chi connectivity index (χ0v) is 10.9. The standard InChI is InChI=1S/C13H16N2OS/c1-3-5-12-14-9(2)11(13(16)15-12)8-10-6-4-7-17-10/h4,6-7H,3,5,8H2,1-2H3,(H,14,15,16). The van der Waals surface area contributed by atoms with Gasteiger partial charge in [-0.1, -0.05) is 13.0 Å². The highest BCUT2D eigenvalue weighted by Crippen LogP contribution is 2.14. The summed E-state index contributed by atoms with van der Waals surface area (Å²) in [6.07, 6.45) is 2.50. The van der Waals surface area contributed by atoms with E-state index in [0.29, 0.717) is 6.42 Å². The van der Waals surface area contributed by atoms with Crippen molar-refractivity contribution in [3.05, 3.63) is 49.8 Å². The van der Waals surface area contributed by atoms with Crippen LogP contribution >= 0.6 is 11.3 Å². The predicted molar refractivity (Wildman–Crippen MR) is 70.7 cm³/mol. The van der Waals surface area contributed by atoms with E-state index in [2.05, 4.69) is 16.9 Å². The van der Waals surface area contributed by atoms with Gasteiger partial charge in [-0.15, -0.1) is 11.3 Å². The molecular formula is C13H16N2OS. The summed E-state index contributed by atoms with van der Waals surface area (Å²) < 4.78 is 0. The highest BCUT2D eigenvalue weighted by Gasteiger charge is 2.09. The van der Waals surface area contributed by atoms with Gasteiger partial charge in [-0.05, 0) is 24.8 Å². The monoisotopic (exact) mass is 248 g/mol. The Kier molecular flexibility index (Phi) is 3.74. The second-order valence-corrected chi connectivity index (χ2v) is 5.11. The number of hydrogen-bond acceptors (Lipinski definition) is 3. The zero-order chi connectivity index (χ0) is 12.3. The van der Waals surface area contributed by atoms with Crippen LogP contribution in [0.15, 0.2) is 22.3 Å². The molecule has 1 N–H and O–H groups in total. The fraction of sp³-hybridized carbons (Fsp3) is 0.385. The summed E-state index contributed by atoms with van der Waals surface area (Å²) >= 11 is 1.67. The maximum atomic E-state index is 12.0. The second kappa shape index (κ2) is 5.27. The first-order valence-corrected chi connectivity index (χ1v) is 6.69. The Hall–Kier alpha value is -1.42. The van der Waals surface area contributed by atoms with Crippen LogP contribution in [0.3, 0.4) is 0 Å². The number of H-pyrrole nitrogens is 1. The smallest absolute Gasteiger partial charge is 0.254 e. The van der Waals surface area contributed by atoms with Gasteiger partial charge in [-0.25, -0.2) is 4.98 Å². The summed E-state index contributed by atoms with van der Waals surface area (Å²) in [6, 6.07) is 4.05. The molecule has 0 aliphatic carbocycles.